The van der Waals surface area contributed by atoms with E-state index >= 15 is 0 Å². The Morgan fingerprint density at radius 1 is 1.19 bits per heavy atom. The predicted molar refractivity (Wildman–Crippen MR) is 67.1 cm³/mol. The minimum atomic E-state index is -0.794. The van der Waals surface area contributed by atoms with Crippen LogP contribution in [0.2, 0.25) is 0 Å². The van der Waals surface area contributed by atoms with Crippen molar-refractivity contribution in [3.63, 3.8) is 0 Å². The van der Waals surface area contributed by atoms with Crippen LogP contribution in [0, 0.1) is 5.92 Å². The fourth-order valence-electron chi connectivity index (χ4n) is 3.15. The van der Waals surface area contributed by atoms with Gasteiger partial charge in [-0.1, -0.05) is 5.16 Å². The molecule has 5 rings (SSSR count). The summed E-state index contributed by atoms with van der Waals surface area (Å²) in [7, 11) is 0. The number of hydrogen-bond acceptors (Lipinski definition) is 7. The molecule has 4 atom stereocenters. The van der Waals surface area contributed by atoms with E-state index in [2.05, 4.69) is 5.16 Å². The van der Waals surface area contributed by atoms with Crippen molar-refractivity contribution in [3.8, 4) is 11.5 Å². The highest BCUT2D eigenvalue weighted by atomic mass is 16.8. The molecule has 1 aromatic carbocycles. The van der Waals surface area contributed by atoms with Crippen LogP contribution < -0.4 is 9.47 Å². The number of carbonyl (C=O) groups is 1. The number of ether oxygens (including phenoxy) is 4. The van der Waals surface area contributed by atoms with Gasteiger partial charge in [-0.2, -0.15) is 0 Å². The number of carbonyl (C=O) groups excluding carboxylic acids is 1. The first-order valence-corrected chi connectivity index (χ1v) is 6.76. The van der Waals surface area contributed by atoms with E-state index in [0.29, 0.717) is 23.8 Å². The number of rotatable bonds is 1. The summed E-state index contributed by atoms with van der Waals surface area (Å²) < 4.78 is 21.5. The Balaban J connectivity index is 1.54. The lowest BCUT2D eigenvalue weighted by Crippen LogP contribution is -2.48. The summed E-state index contributed by atoms with van der Waals surface area (Å²) in [5, 5.41) is 4.11. The third-order valence-electron chi connectivity index (χ3n) is 4.18. The van der Waals surface area contributed by atoms with Gasteiger partial charge in [-0.25, -0.2) is 0 Å². The molecule has 21 heavy (non-hydrogen) atoms. The molecule has 0 amide bonds. The van der Waals surface area contributed by atoms with Crippen molar-refractivity contribution in [3.05, 3.63) is 23.8 Å². The fraction of sp³-hybridized carbons (Fsp3) is 0.429. The maximum atomic E-state index is 12.4. The van der Waals surface area contributed by atoms with E-state index < -0.39 is 18.3 Å². The van der Waals surface area contributed by atoms with Gasteiger partial charge < -0.3 is 23.8 Å². The van der Waals surface area contributed by atoms with E-state index in [1.807, 2.05) is 18.2 Å². The van der Waals surface area contributed by atoms with E-state index in [0.717, 1.165) is 5.56 Å². The van der Waals surface area contributed by atoms with E-state index in [9.17, 15) is 4.79 Å². The predicted octanol–water partition coefficient (Wildman–Crippen LogP) is 0.459. The number of hydrogen-bond donors (Lipinski definition) is 0. The molecule has 2 saturated heterocycles. The first-order chi connectivity index (χ1) is 10.3. The van der Waals surface area contributed by atoms with Crippen molar-refractivity contribution in [2.24, 2.45) is 11.1 Å². The number of nitrogens with zero attached hydrogens (tertiary/aromatic N) is 1. The zero-order valence-corrected chi connectivity index (χ0v) is 10.9. The lowest BCUT2D eigenvalue weighted by molar-refractivity contribution is -0.169. The summed E-state index contributed by atoms with van der Waals surface area (Å²) in [4.78, 5) is 17.8. The largest absolute Gasteiger partial charge is 0.454 e. The second-order valence-electron chi connectivity index (χ2n) is 5.33. The second kappa shape index (κ2) is 3.96. The van der Waals surface area contributed by atoms with Crippen molar-refractivity contribution >= 4 is 11.5 Å². The van der Waals surface area contributed by atoms with Gasteiger partial charge in [0.1, 0.15) is 17.7 Å². The van der Waals surface area contributed by atoms with Gasteiger partial charge in [0.2, 0.25) is 18.9 Å². The standard InChI is InChI=1S/C14H11NO6/c16-12-10-11(6-1-2-7-8(3-6)19-5-18-7)15-21-13(10)9-4-17-14(12)20-9/h1-3,9-10,13-14H,4-5H2/t9-,10+,13+,14+/m1/s1. The van der Waals surface area contributed by atoms with Crippen molar-refractivity contribution < 1.29 is 28.6 Å². The van der Waals surface area contributed by atoms with Gasteiger partial charge >= 0.3 is 0 Å². The average Bonchev–Trinajstić information content (AvgIpc) is 3.22. The third kappa shape index (κ3) is 1.50. The summed E-state index contributed by atoms with van der Waals surface area (Å²) in [6.45, 7) is 0.570. The monoisotopic (exact) mass is 289 g/mol. The second-order valence-corrected chi connectivity index (χ2v) is 5.33. The zero-order valence-electron chi connectivity index (χ0n) is 10.9. The van der Waals surface area contributed by atoms with Crippen molar-refractivity contribution in [1.82, 2.24) is 0 Å². The van der Waals surface area contributed by atoms with E-state index in [-0.39, 0.29) is 18.7 Å². The molecule has 0 N–H and O–H groups in total. The lowest BCUT2D eigenvalue weighted by Gasteiger charge is -2.27. The highest BCUT2D eigenvalue weighted by molar-refractivity contribution is 6.16. The Labute approximate surface area is 119 Å². The summed E-state index contributed by atoms with van der Waals surface area (Å²) >= 11 is 0. The van der Waals surface area contributed by atoms with Crippen LogP contribution in [0.25, 0.3) is 0 Å². The maximum absolute atomic E-state index is 12.4. The van der Waals surface area contributed by atoms with Crippen LogP contribution in [0.1, 0.15) is 5.56 Å². The Kier molecular flexibility index (Phi) is 2.17. The van der Waals surface area contributed by atoms with Gasteiger partial charge in [-0.15, -0.1) is 0 Å². The molecule has 0 unspecified atom stereocenters. The molecule has 7 heteroatoms. The van der Waals surface area contributed by atoms with Crippen LogP contribution in [0.4, 0.5) is 0 Å². The molecule has 0 spiro atoms. The molecule has 0 aliphatic carbocycles. The highest BCUT2D eigenvalue weighted by Gasteiger charge is 2.56. The molecule has 0 aromatic heterocycles. The maximum Gasteiger partial charge on any atom is 0.231 e. The molecule has 2 fully saturated rings. The number of fused-ring (bicyclic) bond motifs is 5. The van der Waals surface area contributed by atoms with Gasteiger partial charge in [0.25, 0.3) is 0 Å². The third-order valence-corrected chi connectivity index (χ3v) is 4.18. The Bertz CT molecular complexity index is 671. The van der Waals surface area contributed by atoms with Gasteiger partial charge in [0.05, 0.1) is 6.61 Å². The summed E-state index contributed by atoms with van der Waals surface area (Å²) in [5.41, 5.74) is 1.40. The number of Topliss-reactive ketones (excluding diaryl/α,β-unsaturated/α-hetero) is 1. The summed E-state index contributed by atoms with van der Waals surface area (Å²) in [5.74, 6) is 0.758. The molecular formula is C14H11NO6. The van der Waals surface area contributed by atoms with Gasteiger partial charge in [-0.3, -0.25) is 4.79 Å². The van der Waals surface area contributed by atoms with Crippen molar-refractivity contribution in [1.29, 1.82) is 0 Å². The molecule has 2 bridgehead atoms. The Hall–Kier alpha value is -2.12. The average molecular weight is 289 g/mol. The van der Waals surface area contributed by atoms with Crippen molar-refractivity contribution in [2.75, 3.05) is 13.4 Å². The minimum absolute atomic E-state index is 0.136. The molecule has 4 aliphatic heterocycles. The Morgan fingerprint density at radius 2 is 2.10 bits per heavy atom. The topological polar surface area (TPSA) is 75.6 Å². The lowest BCUT2D eigenvalue weighted by atomic mass is 9.85. The van der Waals surface area contributed by atoms with Crippen LogP contribution in [-0.4, -0.2) is 43.4 Å². The van der Waals surface area contributed by atoms with Crippen LogP contribution in [-0.2, 0) is 19.1 Å². The number of oxime groups is 1. The fourth-order valence-corrected chi connectivity index (χ4v) is 3.15. The molecule has 4 heterocycles. The molecule has 108 valence electrons. The van der Waals surface area contributed by atoms with Gasteiger partial charge in [0, 0.05) is 5.56 Å². The summed E-state index contributed by atoms with van der Waals surface area (Å²) in [6, 6.07) is 5.48. The molecule has 0 saturated carbocycles. The molecule has 4 aliphatic rings. The Morgan fingerprint density at radius 3 is 3.05 bits per heavy atom. The van der Waals surface area contributed by atoms with Gasteiger partial charge in [-0.05, 0) is 18.2 Å². The molecular weight excluding hydrogens is 278 g/mol. The van der Waals surface area contributed by atoms with E-state index in [1.54, 1.807) is 0 Å². The zero-order chi connectivity index (χ0) is 14.0. The summed E-state index contributed by atoms with van der Waals surface area (Å²) in [6.07, 6.45) is -1.44. The smallest absolute Gasteiger partial charge is 0.231 e. The normalized spacial score (nSPS) is 35.4. The quantitative estimate of drug-likeness (QED) is 0.747. The molecule has 1 aromatic rings. The first-order valence-electron chi connectivity index (χ1n) is 6.76. The number of benzene rings is 1. The molecule has 0 radical (unpaired) electrons. The highest BCUT2D eigenvalue weighted by Crippen LogP contribution is 2.39. The number of ketones is 1. The minimum Gasteiger partial charge on any atom is -0.454 e. The van der Waals surface area contributed by atoms with Gasteiger partial charge in [0.15, 0.2) is 17.6 Å². The first kappa shape index (κ1) is 11.5. The van der Waals surface area contributed by atoms with Crippen LogP contribution >= 0.6 is 0 Å². The van der Waals surface area contributed by atoms with Crippen LogP contribution in [0.5, 0.6) is 11.5 Å². The van der Waals surface area contributed by atoms with Crippen molar-refractivity contribution in [2.45, 2.75) is 18.5 Å². The van der Waals surface area contributed by atoms with E-state index in [1.165, 1.54) is 0 Å². The molecule has 7 nitrogen and oxygen atoms in total. The SMILES string of the molecule is O=C1[C@H]2OC[C@@H](O2)[C@@H]2ON=C(c3ccc4c(c3)OCO4)[C@@H]12. The van der Waals surface area contributed by atoms with Crippen LogP contribution in [0.15, 0.2) is 23.4 Å². The van der Waals surface area contributed by atoms with E-state index in [4.69, 9.17) is 23.8 Å². The van der Waals surface area contributed by atoms with Crippen LogP contribution in [0.3, 0.4) is 0 Å².